The molecule has 0 atom stereocenters. The minimum Gasteiger partial charge on any atom is -0.250 e. The van der Waals surface area contributed by atoms with Crippen molar-refractivity contribution in [2.75, 3.05) is 0 Å². The second-order valence-corrected chi connectivity index (χ2v) is 8.57. The summed E-state index contributed by atoms with van der Waals surface area (Å²) in [4.78, 5) is 3.10. The average molecular weight is 378 g/mol. The molecule has 27 heavy (non-hydrogen) atoms. The molecule has 0 aliphatic rings. The zero-order chi connectivity index (χ0) is 19.3. The van der Waals surface area contributed by atoms with Crippen LogP contribution in [0, 0.1) is 0 Å². The number of aromatic nitrogens is 2. The molecule has 0 fully saturated rings. The van der Waals surface area contributed by atoms with Crippen molar-refractivity contribution in [3.05, 3.63) is 18.7 Å². The minimum atomic E-state index is 1.17. The van der Waals surface area contributed by atoms with Crippen LogP contribution in [0.15, 0.2) is 18.7 Å². The fourth-order valence-electron chi connectivity index (χ4n) is 4.01. The lowest BCUT2D eigenvalue weighted by molar-refractivity contribution is -0.696. The zero-order valence-electron chi connectivity index (χ0n) is 18.5. The number of hydrogen-bond donors (Lipinski definition) is 1. The van der Waals surface area contributed by atoms with E-state index in [1.54, 1.807) is 0 Å². The van der Waals surface area contributed by atoms with Crippen molar-refractivity contribution in [3.63, 3.8) is 0 Å². The Morgan fingerprint density at radius 2 is 0.889 bits per heavy atom. The molecular weight excluding hydrogens is 328 g/mol. The van der Waals surface area contributed by atoms with Gasteiger partial charge in [0.05, 0.1) is 6.54 Å². The maximum Gasteiger partial charge on any atom is 0.241 e. The van der Waals surface area contributed by atoms with E-state index in [0.29, 0.717) is 0 Å². The molecule has 158 valence electrons. The first-order valence-corrected chi connectivity index (χ1v) is 12.5. The third-order valence-corrected chi connectivity index (χ3v) is 5.87. The van der Waals surface area contributed by atoms with Crippen LogP contribution in [0.2, 0.25) is 0 Å². The van der Waals surface area contributed by atoms with Gasteiger partial charge in [-0.1, -0.05) is 122 Å². The van der Waals surface area contributed by atoms with E-state index in [4.69, 9.17) is 0 Å². The number of rotatable bonds is 21. The first kappa shape index (κ1) is 24.2. The smallest absolute Gasteiger partial charge is 0.241 e. The Balaban J connectivity index is 1.64. The SMILES string of the molecule is CCCCCCCCCCCCCCCCCCCCCC[n+]1cc[nH]c1. The fraction of sp³-hybridized carbons (Fsp3) is 0.880. The van der Waals surface area contributed by atoms with Gasteiger partial charge < -0.3 is 0 Å². The first-order valence-electron chi connectivity index (χ1n) is 12.5. The van der Waals surface area contributed by atoms with Gasteiger partial charge in [-0.25, -0.2) is 4.57 Å². The van der Waals surface area contributed by atoms with Crippen LogP contribution < -0.4 is 4.57 Å². The molecule has 1 aromatic rings. The lowest BCUT2D eigenvalue weighted by Crippen LogP contribution is -2.30. The van der Waals surface area contributed by atoms with E-state index in [0.717, 1.165) is 0 Å². The molecule has 2 nitrogen and oxygen atoms in total. The summed E-state index contributed by atoms with van der Waals surface area (Å²) in [5.74, 6) is 0. The molecule has 0 saturated heterocycles. The first-order chi connectivity index (χ1) is 13.4. The van der Waals surface area contributed by atoms with E-state index >= 15 is 0 Å². The molecule has 0 amide bonds. The van der Waals surface area contributed by atoms with Crippen molar-refractivity contribution in [1.82, 2.24) is 4.98 Å². The van der Waals surface area contributed by atoms with Crippen LogP contribution in [0.3, 0.4) is 0 Å². The number of H-pyrrole nitrogens is 1. The monoisotopic (exact) mass is 377 g/mol. The summed E-state index contributed by atoms with van der Waals surface area (Å²) in [6.07, 6.45) is 35.2. The molecule has 0 aromatic carbocycles. The van der Waals surface area contributed by atoms with Crippen LogP contribution in [-0.2, 0) is 6.54 Å². The van der Waals surface area contributed by atoms with Gasteiger partial charge in [-0.3, -0.25) is 4.98 Å². The van der Waals surface area contributed by atoms with Crippen LogP contribution in [0.4, 0.5) is 0 Å². The maximum absolute atomic E-state index is 3.10. The highest BCUT2D eigenvalue weighted by Gasteiger charge is 1.97. The van der Waals surface area contributed by atoms with E-state index in [1.807, 2.05) is 6.20 Å². The van der Waals surface area contributed by atoms with Crippen molar-refractivity contribution >= 4 is 0 Å². The Labute approximate surface area is 170 Å². The molecule has 1 heterocycles. The molecule has 2 heteroatoms. The topological polar surface area (TPSA) is 19.7 Å². The fourth-order valence-corrected chi connectivity index (χ4v) is 4.01. The van der Waals surface area contributed by atoms with Gasteiger partial charge in [-0.2, -0.15) is 0 Å². The van der Waals surface area contributed by atoms with Gasteiger partial charge in [0.2, 0.25) is 6.33 Å². The number of aryl methyl sites for hydroxylation is 1. The minimum absolute atomic E-state index is 1.17. The lowest BCUT2D eigenvalue weighted by Gasteiger charge is -2.04. The normalized spacial score (nSPS) is 11.3. The molecule has 0 aliphatic carbocycles. The second-order valence-electron chi connectivity index (χ2n) is 8.57. The Morgan fingerprint density at radius 3 is 1.22 bits per heavy atom. The van der Waals surface area contributed by atoms with Crippen molar-refractivity contribution < 1.29 is 4.57 Å². The largest absolute Gasteiger partial charge is 0.250 e. The van der Waals surface area contributed by atoms with E-state index in [1.165, 1.54) is 135 Å². The van der Waals surface area contributed by atoms with E-state index in [9.17, 15) is 0 Å². The third-order valence-electron chi connectivity index (χ3n) is 5.87. The summed E-state index contributed by atoms with van der Waals surface area (Å²) in [6, 6.07) is 0. The quantitative estimate of drug-likeness (QED) is 0.165. The van der Waals surface area contributed by atoms with Crippen molar-refractivity contribution in [2.24, 2.45) is 0 Å². The molecule has 0 saturated carbocycles. The van der Waals surface area contributed by atoms with Gasteiger partial charge >= 0.3 is 0 Å². The summed E-state index contributed by atoms with van der Waals surface area (Å²) in [6.45, 7) is 3.47. The Hall–Kier alpha value is -0.790. The predicted molar refractivity (Wildman–Crippen MR) is 119 cm³/mol. The summed E-state index contributed by atoms with van der Waals surface area (Å²) >= 11 is 0. The molecule has 0 bridgehead atoms. The van der Waals surface area contributed by atoms with Crippen LogP contribution in [-0.4, -0.2) is 4.98 Å². The summed E-state index contributed by atoms with van der Waals surface area (Å²) in [5, 5.41) is 0. The molecular formula is C25H49N2+. The molecule has 0 spiro atoms. The van der Waals surface area contributed by atoms with E-state index in [-0.39, 0.29) is 0 Å². The van der Waals surface area contributed by atoms with Crippen molar-refractivity contribution in [2.45, 2.75) is 142 Å². The Morgan fingerprint density at radius 1 is 0.519 bits per heavy atom. The van der Waals surface area contributed by atoms with Crippen molar-refractivity contribution in [3.8, 4) is 0 Å². The van der Waals surface area contributed by atoms with Crippen LogP contribution in [0.5, 0.6) is 0 Å². The van der Waals surface area contributed by atoms with Crippen molar-refractivity contribution in [1.29, 1.82) is 0 Å². The predicted octanol–water partition coefficient (Wildman–Crippen LogP) is 8.12. The Kier molecular flexibility index (Phi) is 17.9. The molecule has 0 unspecified atom stereocenters. The van der Waals surface area contributed by atoms with Gasteiger partial charge in [0.15, 0.2) is 0 Å². The highest BCUT2D eigenvalue weighted by atomic mass is 15.0. The number of hydrogen-bond acceptors (Lipinski definition) is 0. The van der Waals surface area contributed by atoms with E-state index in [2.05, 4.69) is 29.0 Å². The summed E-state index contributed by atoms with van der Waals surface area (Å²) in [5.41, 5.74) is 0. The van der Waals surface area contributed by atoms with Crippen LogP contribution in [0.25, 0.3) is 0 Å². The van der Waals surface area contributed by atoms with Gasteiger partial charge in [0.25, 0.3) is 0 Å². The zero-order valence-corrected chi connectivity index (χ0v) is 18.5. The molecule has 1 rings (SSSR count). The second kappa shape index (κ2) is 20.0. The third kappa shape index (κ3) is 17.1. The molecule has 0 radical (unpaired) electrons. The van der Waals surface area contributed by atoms with E-state index < -0.39 is 0 Å². The number of nitrogens with one attached hydrogen (secondary N) is 1. The highest BCUT2D eigenvalue weighted by molar-refractivity contribution is 4.55. The van der Waals surface area contributed by atoms with Gasteiger partial charge in [-0.15, -0.1) is 0 Å². The number of nitrogens with zero attached hydrogens (tertiary/aromatic N) is 1. The standard InChI is InChI=1S/C25H48N2/c1-2-3-4-5-6-7-8-9-10-11-12-13-14-15-16-17-18-19-20-21-23-27-24-22-26-25-27/h22,24-25H,2-21,23H2,1H3/p+1. The Bertz CT molecular complexity index is 372. The van der Waals surface area contributed by atoms with Gasteiger partial charge in [-0.05, 0) is 12.8 Å². The highest BCUT2D eigenvalue weighted by Crippen LogP contribution is 2.14. The average Bonchev–Trinajstić information content (AvgIpc) is 3.20. The molecule has 0 aliphatic heterocycles. The van der Waals surface area contributed by atoms with Gasteiger partial charge in [0.1, 0.15) is 12.4 Å². The number of unbranched alkanes of at least 4 members (excludes halogenated alkanes) is 19. The van der Waals surface area contributed by atoms with Crippen LogP contribution >= 0.6 is 0 Å². The number of aromatic amines is 1. The molecule has 1 N–H and O–H groups in total. The number of imidazole rings is 1. The lowest BCUT2D eigenvalue weighted by atomic mass is 10.0. The van der Waals surface area contributed by atoms with Gasteiger partial charge in [0, 0.05) is 0 Å². The summed E-state index contributed by atoms with van der Waals surface area (Å²) in [7, 11) is 0. The molecule has 1 aromatic heterocycles. The maximum atomic E-state index is 3.10. The summed E-state index contributed by atoms with van der Waals surface area (Å²) < 4.78 is 2.24. The van der Waals surface area contributed by atoms with Crippen LogP contribution in [0.1, 0.15) is 135 Å².